The van der Waals surface area contributed by atoms with Crippen LogP contribution in [0.1, 0.15) is 49.1 Å². The topological polar surface area (TPSA) is 62.7 Å². The van der Waals surface area contributed by atoms with Gasteiger partial charge in [-0.05, 0) is 13.8 Å². The second-order valence-electron chi connectivity index (χ2n) is 5.05. The van der Waals surface area contributed by atoms with E-state index in [0.717, 1.165) is 28.0 Å². The molecule has 0 aliphatic heterocycles. The first-order valence-corrected chi connectivity index (χ1v) is 7.63. The first-order chi connectivity index (χ1) is 9.52. The van der Waals surface area contributed by atoms with Crippen LogP contribution >= 0.6 is 11.3 Å². The summed E-state index contributed by atoms with van der Waals surface area (Å²) >= 11 is 1.64. The van der Waals surface area contributed by atoms with Gasteiger partial charge in [0.15, 0.2) is 0 Å². The Hall–Kier alpha value is -1.69. The van der Waals surface area contributed by atoms with E-state index in [9.17, 15) is 0 Å². The molecule has 0 bridgehead atoms. The van der Waals surface area contributed by atoms with Crippen LogP contribution in [0.2, 0.25) is 0 Å². The molecule has 20 heavy (non-hydrogen) atoms. The highest BCUT2D eigenvalue weighted by Gasteiger charge is 2.15. The second-order valence-corrected chi connectivity index (χ2v) is 5.97. The Kier molecular flexibility index (Phi) is 4.54. The van der Waals surface area contributed by atoms with E-state index in [1.54, 1.807) is 11.3 Å². The van der Waals surface area contributed by atoms with Crippen molar-refractivity contribution in [2.75, 3.05) is 17.7 Å². The number of anilines is 2. The molecule has 0 fully saturated rings. The summed E-state index contributed by atoms with van der Waals surface area (Å²) in [7, 11) is 1.88. The highest BCUT2D eigenvalue weighted by atomic mass is 32.1. The van der Waals surface area contributed by atoms with Gasteiger partial charge in [-0.2, -0.15) is 0 Å². The molecule has 5 nitrogen and oxygen atoms in total. The lowest BCUT2D eigenvalue weighted by Gasteiger charge is -2.18. The molecule has 2 aromatic rings. The molecule has 0 saturated carbocycles. The summed E-state index contributed by atoms with van der Waals surface area (Å²) in [4.78, 5) is 13.5. The van der Waals surface area contributed by atoms with Crippen LogP contribution in [0.15, 0.2) is 11.6 Å². The van der Waals surface area contributed by atoms with Gasteiger partial charge in [-0.1, -0.05) is 13.8 Å². The molecule has 1 atom stereocenters. The van der Waals surface area contributed by atoms with Gasteiger partial charge in [-0.3, -0.25) is 0 Å². The smallest absolute Gasteiger partial charge is 0.135 e. The van der Waals surface area contributed by atoms with Crippen LogP contribution in [0.3, 0.4) is 0 Å². The quantitative estimate of drug-likeness (QED) is 0.881. The fourth-order valence-electron chi connectivity index (χ4n) is 1.89. The normalized spacial score (nSPS) is 12.5. The standard InChI is InChI=1S/C14H21N5S/c1-8(2)11-18-12(15-5)9(3)13(19-11)17-10(4)14-16-6-7-20-14/h6-8,10H,1-5H3,(H2,15,17,18,19). The average Bonchev–Trinajstić information content (AvgIpc) is 2.94. The van der Waals surface area contributed by atoms with E-state index < -0.39 is 0 Å². The van der Waals surface area contributed by atoms with Crippen LogP contribution in [0.4, 0.5) is 11.6 Å². The minimum Gasteiger partial charge on any atom is -0.373 e. The molecule has 0 aromatic carbocycles. The number of hydrogen-bond donors (Lipinski definition) is 2. The van der Waals surface area contributed by atoms with Crippen LogP contribution in [0.5, 0.6) is 0 Å². The third-order valence-electron chi connectivity index (χ3n) is 3.09. The van der Waals surface area contributed by atoms with Crippen molar-refractivity contribution in [3.8, 4) is 0 Å². The van der Waals surface area contributed by atoms with Crippen LogP contribution in [-0.2, 0) is 0 Å². The van der Waals surface area contributed by atoms with Crippen molar-refractivity contribution in [1.29, 1.82) is 0 Å². The van der Waals surface area contributed by atoms with Crippen molar-refractivity contribution in [2.45, 2.75) is 39.7 Å². The van der Waals surface area contributed by atoms with Gasteiger partial charge in [0.05, 0.1) is 6.04 Å². The van der Waals surface area contributed by atoms with Gasteiger partial charge in [0, 0.05) is 30.1 Å². The molecule has 0 aliphatic rings. The zero-order valence-corrected chi connectivity index (χ0v) is 13.4. The molecule has 2 N–H and O–H groups in total. The number of nitrogens with one attached hydrogen (secondary N) is 2. The van der Waals surface area contributed by atoms with Crippen LogP contribution < -0.4 is 10.6 Å². The lowest BCUT2D eigenvalue weighted by atomic mass is 10.2. The lowest BCUT2D eigenvalue weighted by molar-refractivity contribution is 0.766. The van der Waals surface area contributed by atoms with Gasteiger partial charge in [0.1, 0.15) is 22.5 Å². The van der Waals surface area contributed by atoms with E-state index in [-0.39, 0.29) is 6.04 Å². The third kappa shape index (κ3) is 3.07. The minimum atomic E-state index is 0.133. The van der Waals surface area contributed by atoms with E-state index >= 15 is 0 Å². The largest absolute Gasteiger partial charge is 0.373 e. The molecular formula is C14H21N5S. The summed E-state index contributed by atoms with van der Waals surface area (Å²) in [5.74, 6) is 2.88. The fraction of sp³-hybridized carbons (Fsp3) is 0.500. The van der Waals surface area contributed by atoms with Gasteiger partial charge in [0.25, 0.3) is 0 Å². The number of hydrogen-bond acceptors (Lipinski definition) is 6. The first kappa shape index (κ1) is 14.7. The lowest BCUT2D eigenvalue weighted by Crippen LogP contribution is -2.13. The van der Waals surface area contributed by atoms with E-state index in [1.807, 2.05) is 25.5 Å². The van der Waals surface area contributed by atoms with Crippen LogP contribution in [-0.4, -0.2) is 22.0 Å². The Morgan fingerprint density at radius 1 is 1.15 bits per heavy atom. The predicted octanol–water partition coefficient (Wildman–Crippen LogP) is 3.58. The van der Waals surface area contributed by atoms with Crippen molar-refractivity contribution >= 4 is 23.0 Å². The molecule has 0 radical (unpaired) electrons. The van der Waals surface area contributed by atoms with Crippen molar-refractivity contribution < 1.29 is 0 Å². The third-order valence-corrected chi connectivity index (χ3v) is 4.05. The summed E-state index contributed by atoms with van der Waals surface area (Å²) in [6, 6.07) is 0.133. The molecule has 0 aliphatic carbocycles. The van der Waals surface area contributed by atoms with Crippen molar-refractivity contribution in [2.24, 2.45) is 0 Å². The molecule has 2 heterocycles. The van der Waals surface area contributed by atoms with Crippen LogP contribution in [0, 0.1) is 6.92 Å². The van der Waals surface area contributed by atoms with Gasteiger partial charge in [0.2, 0.25) is 0 Å². The maximum atomic E-state index is 4.64. The van der Waals surface area contributed by atoms with E-state index in [0.29, 0.717) is 5.92 Å². The average molecular weight is 291 g/mol. The van der Waals surface area contributed by atoms with Gasteiger partial charge in [-0.25, -0.2) is 15.0 Å². The van der Waals surface area contributed by atoms with Gasteiger partial charge >= 0.3 is 0 Å². The van der Waals surface area contributed by atoms with E-state index in [4.69, 9.17) is 0 Å². The van der Waals surface area contributed by atoms with Gasteiger partial charge < -0.3 is 10.6 Å². The maximum absolute atomic E-state index is 4.64. The molecule has 2 rings (SSSR count). The maximum Gasteiger partial charge on any atom is 0.135 e. The fourth-order valence-corrected chi connectivity index (χ4v) is 2.54. The Labute approximate surface area is 123 Å². The molecule has 6 heteroatoms. The monoisotopic (exact) mass is 291 g/mol. The minimum absolute atomic E-state index is 0.133. The Morgan fingerprint density at radius 3 is 2.40 bits per heavy atom. The number of rotatable bonds is 5. The Balaban J connectivity index is 2.32. The molecular weight excluding hydrogens is 270 g/mol. The van der Waals surface area contributed by atoms with Crippen LogP contribution in [0.25, 0.3) is 0 Å². The summed E-state index contributed by atoms with van der Waals surface area (Å²) in [5, 5.41) is 9.61. The molecule has 0 spiro atoms. The van der Waals surface area contributed by atoms with Crippen molar-refractivity contribution in [3.63, 3.8) is 0 Å². The molecule has 0 saturated heterocycles. The highest BCUT2D eigenvalue weighted by Crippen LogP contribution is 2.26. The summed E-state index contributed by atoms with van der Waals surface area (Å²) < 4.78 is 0. The Morgan fingerprint density at radius 2 is 1.85 bits per heavy atom. The highest BCUT2D eigenvalue weighted by molar-refractivity contribution is 7.09. The molecule has 1 unspecified atom stereocenters. The zero-order valence-electron chi connectivity index (χ0n) is 12.6. The number of aromatic nitrogens is 3. The number of thiazole rings is 1. The summed E-state index contributed by atoms with van der Waals surface area (Å²) in [6.45, 7) is 8.30. The second kappa shape index (κ2) is 6.17. The van der Waals surface area contributed by atoms with E-state index in [2.05, 4.69) is 46.4 Å². The summed E-state index contributed by atoms with van der Waals surface area (Å²) in [6.07, 6.45) is 1.82. The van der Waals surface area contributed by atoms with Gasteiger partial charge in [-0.15, -0.1) is 11.3 Å². The Bertz CT molecular complexity index is 565. The molecule has 0 amide bonds. The first-order valence-electron chi connectivity index (χ1n) is 6.75. The molecule has 108 valence electrons. The predicted molar refractivity (Wildman–Crippen MR) is 84.6 cm³/mol. The van der Waals surface area contributed by atoms with Crippen molar-refractivity contribution in [3.05, 3.63) is 28.0 Å². The van der Waals surface area contributed by atoms with E-state index in [1.165, 1.54) is 0 Å². The SMILES string of the molecule is CNc1nc(C(C)C)nc(NC(C)c2nccs2)c1C. The van der Waals surface area contributed by atoms with Crippen molar-refractivity contribution in [1.82, 2.24) is 15.0 Å². The number of nitrogens with zero attached hydrogens (tertiary/aromatic N) is 3. The molecule has 2 aromatic heterocycles. The summed E-state index contributed by atoms with van der Waals surface area (Å²) in [5.41, 5.74) is 1.03. The zero-order chi connectivity index (χ0) is 14.7.